The van der Waals surface area contributed by atoms with Gasteiger partial charge in [0.05, 0.1) is 6.42 Å². The van der Waals surface area contributed by atoms with Crippen LogP contribution in [-0.4, -0.2) is 22.8 Å². The van der Waals surface area contributed by atoms with E-state index in [1.54, 1.807) is 0 Å². The number of hydrogen-bond acceptors (Lipinski definition) is 3. The van der Waals surface area contributed by atoms with E-state index in [0.29, 0.717) is 0 Å². The molecule has 3 nitrogen and oxygen atoms in total. The normalized spacial score (nSPS) is 41.8. The Labute approximate surface area is 71.7 Å². The van der Waals surface area contributed by atoms with Crippen molar-refractivity contribution in [2.75, 3.05) is 0 Å². The van der Waals surface area contributed by atoms with Gasteiger partial charge in [-0.25, -0.2) is 0 Å². The number of carbonyl (C=O) groups excluding carboxylic acids is 1. The van der Waals surface area contributed by atoms with Crippen molar-refractivity contribution in [3.63, 3.8) is 0 Å². The maximum absolute atomic E-state index is 10.9. The Morgan fingerprint density at radius 1 is 1.42 bits per heavy atom. The Bertz CT molecular complexity index is 202. The minimum Gasteiger partial charge on any atom is -0.459 e. The minimum atomic E-state index is -0.826. The summed E-state index contributed by atoms with van der Waals surface area (Å²) in [6, 6.07) is 0. The lowest BCUT2D eigenvalue weighted by Gasteiger charge is -2.24. The fourth-order valence-corrected chi connectivity index (χ4v) is 2.19. The van der Waals surface area contributed by atoms with Gasteiger partial charge in [0.2, 0.25) is 0 Å². The molecular weight excluding hydrogens is 156 g/mol. The average molecular weight is 170 g/mol. The summed E-state index contributed by atoms with van der Waals surface area (Å²) >= 11 is 0. The standard InChI is InChI=1S/C9H14O3/c10-8-6-9(11)5-3-1-2-4-7(9)12-8/h7,11H,1-6H2/t7-,9+/m0/s1. The minimum absolute atomic E-state index is 0.206. The Hall–Kier alpha value is -0.570. The van der Waals surface area contributed by atoms with Crippen molar-refractivity contribution >= 4 is 5.97 Å². The van der Waals surface area contributed by atoms with Crippen LogP contribution in [0.4, 0.5) is 0 Å². The first-order valence-corrected chi connectivity index (χ1v) is 4.63. The summed E-state index contributed by atoms with van der Waals surface area (Å²) in [5.74, 6) is -0.232. The highest BCUT2D eigenvalue weighted by atomic mass is 16.6. The van der Waals surface area contributed by atoms with Gasteiger partial charge < -0.3 is 9.84 Å². The van der Waals surface area contributed by atoms with Crippen LogP contribution in [0.3, 0.4) is 0 Å². The van der Waals surface area contributed by atoms with Crippen LogP contribution in [0.1, 0.15) is 38.5 Å². The third-order valence-corrected chi connectivity index (χ3v) is 2.90. The van der Waals surface area contributed by atoms with Crippen LogP contribution in [0.5, 0.6) is 0 Å². The molecular formula is C9H14O3. The Morgan fingerprint density at radius 3 is 3.08 bits per heavy atom. The van der Waals surface area contributed by atoms with E-state index in [4.69, 9.17) is 4.74 Å². The zero-order valence-electron chi connectivity index (χ0n) is 7.08. The highest BCUT2D eigenvalue weighted by Gasteiger charge is 2.47. The second-order valence-corrected chi connectivity index (χ2v) is 3.86. The second-order valence-electron chi connectivity index (χ2n) is 3.86. The van der Waals surface area contributed by atoms with Crippen LogP contribution in [0, 0.1) is 0 Å². The highest BCUT2D eigenvalue weighted by molar-refractivity contribution is 5.73. The van der Waals surface area contributed by atoms with Crippen molar-refractivity contribution in [1.29, 1.82) is 0 Å². The van der Waals surface area contributed by atoms with Crippen molar-refractivity contribution in [3.8, 4) is 0 Å². The predicted octanol–water partition coefficient (Wildman–Crippen LogP) is 0.997. The number of aliphatic hydroxyl groups is 1. The predicted molar refractivity (Wildman–Crippen MR) is 42.5 cm³/mol. The van der Waals surface area contributed by atoms with Crippen LogP contribution in [0.15, 0.2) is 0 Å². The molecule has 1 heterocycles. The molecule has 0 aromatic rings. The topological polar surface area (TPSA) is 46.5 Å². The molecule has 0 amide bonds. The van der Waals surface area contributed by atoms with Gasteiger partial charge >= 0.3 is 5.97 Å². The number of ether oxygens (including phenoxy) is 1. The van der Waals surface area contributed by atoms with Crippen LogP contribution >= 0.6 is 0 Å². The zero-order valence-corrected chi connectivity index (χ0v) is 7.08. The number of rotatable bonds is 0. The largest absolute Gasteiger partial charge is 0.459 e. The summed E-state index contributed by atoms with van der Waals surface area (Å²) in [7, 11) is 0. The van der Waals surface area contributed by atoms with Crippen molar-refractivity contribution < 1.29 is 14.6 Å². The van der Waals surface area contributed by atoms with Gasteiger partial charge in [-0.2, -0.15) is 0 Å². The summed E-state index contributed by atoms with van der Waals surface area (Å²) in [5, 5.41) is 10.0. The van der Waals surface area contributed by atoms with E-state index in [0.717, 1.165) is 32.1 Å². The molecule has 1 N–H and O–H groups in total. The van der Waals surface area contributed by atoms with Gasteiger partial charge in [-0.1, -0.05) is 12.8 Å². The first-order chi connectivity index (χ1) is 5.71. The van der Waals surface area contributed by atoms with Crippen LogP contribution in [0.2, 0.25) is 0 Å². The molecule has 1 saturated heterocycles. The molecule has 2 atom stereocenters. The molecule has 3 heteroatoms. The fourth-order valence-electron chi connectivity index (χ4n) is 2.19. The van der Waals surface area contributed by atoms with Gasteiger partial charge in [0.15, 0.2) is 0 Å². The summed E-state index contributed by atoms with van der Waals surface area (Å²) in [6.45, 7) is 0. The molecule has 1 saturated carbocycles. The molecule has 0 aromatic heterocycles. The lowest BCUT2D eigenvalue weighted by Crippen LogP contribution is -2.36. The monoisotopic (exact) mass is 170 g/mol. The van der Waals surface area contributed by atoms with Gasteiger partial charge in [0.25, 0.3) is 0 Å². The lowest BCUT2D eigenvalue weighted by molar-refractivity contribution is -0.142. The summed E-state index contributed by atoms with van der Waals surface area (Å²) in [6.07, 6.45) is 4.79. The third kappa shape index (κ3) is 1.22. The van der Waals surface area contributed by atoms with E-state index in [9.17, 15) is 9.90 Å². The van der Waals surface area contributed by atoms with Crippen molar-refractivity contribution in [1.82, 2.24) is 0 Å². The number of carbonyl (C=O) groups is 1. The summed E-state index contributed by atoms with van der Waals surface area (Å²) < 4.78 is 5.06. The molecule has 68 valence electrons. The molecule has 0 bridgehead atoms. The molecule has 0 unspecified atom stereocenters. The molecule has 2 rings (SSSR count). The van der Waals surface area contributed by atoms with E-state index in [2.05, 4.69) is 0 Å². The molecule has 2 fully saturated rings. The highest BCUT2D eigenvalue weighted by Crippen LogP contribution is 2.37. The molecule has 1 aliphatic carbocycles. The Kier molecular flexibility index (Phi) is 1.83. The van der Waals surface area contributed by atoms with E-state index in [1.165, 1.54) is 0 Å². The van der Waals surface area contributed by atoms with Gasteiger partial charge in [-0.05, 0) is 19.3 Å². The molecule has 0 aromatic carbocycles. The smallest absolute Gasteiger partial charge is 0.309 e. The molecule has 1 aliphatic heterocycles. The van der Waals surface area contributed by atoms with Gasteiger partial charge in [0, 0.05) is 0 Å². The maximum Gasteiger partial charge on any atom is 0.309 e. The van der Waals surface area contributed by atoms with Crippen LogP contribution in [-0.2, 0) is 9.53 Å². The third-order valence-electron chi connectivity index (χ3n) is 2.90. The van der Waals surface area contributed by atoms with Crippen LogP contribution < -0.4 is 0 Å². The SMILES string of the molecule is O=C1C[C@]2(O)CCCCC[C@@H]2O1. The van der Waals surface area contributed by atoms with Gasteiger partial charge in [-0.15, -0.1) is 0 Å². The van der Waals surface area contributed by atoms with Gasteiger partial charge in [-0.3, -0.25) is 4.79 Å². The van der Waals surface area contributed by atoms with E-state index >= 15 is 0 Å². The first-order valence-electron chi connectivity index (χ1n) is 4.63. The van der Waals surface area contributed by atoms with Crippen molar-refractivity contribution in [3.05, 3.63) is 0 Å². The number of hydrogen-bond donors (Lipinski definition) is 1. The molecule has 2 aliphatic rings. The summed E-state index contributed by atoms with van der Waals surface area (Å²) in [4.78, 5) is 10.9. The number of esters is 1. The van der Waals surface area contributed by atoms with E-state index < -0.39 is 5.60 Å². The second kappa shape index (κ2) is 2.73. The molecule has 0 radical (unpaired) electrons. The average Bonchev–Trinajstić information content (AvgIpc) is 2.14. The van der Waals surface area contributed by atoms with E-state index in [1.807, 2.05) is 0 Å². The molecule has 0 spiro atoms. The Morgan fingerprint density at radius 2 is 2.25 bits per heavy atom. The van der Waals surface area contributed by atoms with E-state index in [-0.39, 0.29) is 18.5 Å². The Balaban J connectivity index is 2.15. The lowest BCUT2D eigenvalue weighted by atomic mass is 9.91. The maximum atomic E-state index is 10.9. The fraction of sp³-hybridized carbons (Fsp3) is 0.889. The summed E-state index contributed by atoms with van der Waals surface area (Å²) in [5.41, 5.74) is -0.826. The van der Waals surface area contributed by atoms with Crippen molar-refractivity contribution in [2.24, 2.45) is 0 Å². The zero-order chi connectivity index (χ0) is 8.60. The first kappa shape index (κ1) is 8.05. The van der Waals surface area contributed by atoms with Gasteiger partial charge in [0.1, 0.15) is 11.7 Å². The quantitative estimate of drug-likeness (QED) is 0.551. The molecule has 12 heavy (non-hydrogen) atoms. The van der Waals surface area contributed by atoms with Crippen molar-refractivity contribution in [2.45, 2.75) is 50.2 Å². The van der Waals surface area contributed by atoms with Crippen LogP contribution in [0.25, 0.3) is 0 Å². The number of fused-ring (bicyclic) bond motifs is 1.